The number of carbonyl (C=O) groups excluding carboxylic acids is 1. The van der Waals surface area contributed by atoms with Crippen molar-refractivity contribution in [2.45, 2.75) is 62.1 Å². The molecule has 0 aromatic carbocycles. The van der Waals surface area contributed by atoms with E-state index in [1.165, 1.54) is 24.6 Å². The zero-order chi connectivity index (χ0) is 14.8. The Balaban J connectivity index is 1.53. The molecular formula is C14H22N4O2S. The molecule has 1 aromatic rings. The minimum Gasteiger partial charge on any atom is -0.376 e. The molecule has 2 heterocycles. The fraction of sp³-hybridized carbons (Fsp3) is 0.786. The molecule has 2 atom stereocenters. The number of carbonyl (C=O) groups is 1. The van der Waals surface area contributed by atoms with Crippen LogP contribution in [0.4, 0.5) is 0 Å². The molecule has 1 aliphatic heterocycles. The lowest BCUT2D eigenvalue weighted by molar-refractivity contribution is -0.120. The Hall–Kier alpha value is -1.08. The van der Waals surface area contributed by atoms with Crippen molar-refractivity contribution in [2.75, 3.05) is 13.2 Å². The van der Waals surface area contributed by atoms with Crippen LogP contribution in [0.3, 0.4) is 0 Å². The SMILES string of the molecule is Cc1nnc(S[C@H](C)C(=O)NC[C@@H]2CCCO2)n1C1CC1. The minimum atomic E-state index is -0.174. The molecule has 3 rings (SSSR count). The number of nitrogens with zero attached hydrogens (tertiary/aromatic N) is 3. The summed E-state index contributed by atoms with van der Waals surface area (Å²) in [5.74, 6) is 0.977. The maximum atomic E-state index is 12.2. The van der Waals surface area contributed by atoms with Crippen LogP contribution in [-0.4, -0.2) is 45.2 Å². The highest BCUT2D eigenvalue weighted by molar-refractivity contribution is 8.00. The molecule has 116 valence electrons. The second kappa shape index (κ2) is 6.36. The van der Waals surface area contributed by atoms with Gasteiger partial charge in [0.25, 0.3) is 0 Å². The maximum absolute atomic E-state index is 12.2. The lowest BCUT2D eigenvalue weighted by Gasteiger charge is -2.15. The van der Waals surface area contributed by atoms with Crippen LogP contribution in [0.1, 0.15) is 44.5 Å². The Morgan fingerprint density at radius 1 is 1.48 bits per heavy atom. The van der Waals surface area contributed by atoms with Gasteiger partial charge in [-0.3, -0.25) is 4.79 Å². The zero-order valence-electron chi connectivity index (χ0n) is 12.5. The molecule has 0 spiro atoms. The number of rotatable bonds is 6. The van der Waals surface area contributed by atoms with E-state index in [1.54, 1.807) is 0 Å². The monoisotopic (exact) mass is 310 g/mol. The van der Waals surface area contributed by atoms with Crippen LogP contribution in [0.2, 0.25) is 0 Å². The van der Waals surface area contributed by atoms with E-state index in [4.69, 9.17) is 4.74 Å². The second-order valence-electron chi connectivity index (χ2n) is 5.77. The Morgan fingerprint density at radius 2 is 2.29 bits per heavy atom. The van der Waals surface area contributed by atoms with Gasteiger partial charge in [-0.25, -0.2) is 0 Å². The van der Waals surface area contributed by atoms with Gasteiger partial charge in [-0.15, -0.1) is 10.2 Å². The molecule has 0 bridgehead atoms. The van der Waals surface area contributed by atoms with Crippen molar-refractivity contribution in [2.24, 2.45) is 0 Å². The van der Waals surface area contributed by atoms with Crippen LogP contribution < -0.4 is 5.32 Å². The Kier molecular flexibility index (Phi) is 4.49. The summed E-state index contributed by atoms with van der Waals surface area (Å²) in [6.45, 7) is 5.31. The zero-order valence-corrected chi connectivity index (χ0v) is 13.4. The third-order valence-electron chi connectivity index (χ3n) is 3.93. The van der Waals surface area contributed by atoms with Gasteiger partial charge in [-0.05, 0) is 39.5 Å². The highest BCUT2D eigenvalue weighted by Gasteiger charge is 2.30. The number of hydrogen-bond acceptors (Lipinski definition) is 5. The summed E-state index contributed by atoms with van der Waals surface area (Å²) in [6, 6.07) is 0.532. The molecule has 1 aromatic heterocycles. The number of amides is 1. The van der Waals surface area contributed by atoms with Gasteiger partial charge in [0, 0.05) is 19.2 Å². The first-order valence-electron chi connectivity index (χ1n) is 7.62. The highest BCUT2D eigenvalue weighted by atomic mass is 32.2. The molecule has 7 heteroatoms. The van der Waals surface area contributed by atoms with Crippen LogP contribution in [-0.2, 0) is 9.53 Å². The topological polar surface area (TPSA) is 69.0 Å². The van der Waals surface area contributed by atoms with Crippen molar-refractivity contribution in [1.82, 2.24) is 20.1 Å². The third-order valence-corrected chi connectivity index (χ3v) is 4.98. The molecular weight excluding hydrogens is 288 g/mol. The van der Waals surface area contributed by atoms with E-state index in [9.17, 15) is 4.79 Å². The number of ether oxygens (including phenoxy) is 1. The molecule has 1 aliphatic carbocycles. The molecule has 0 unspecified atom stereocenters. The number of aryl methyl sites for hydroxylation is 1. The normalized spacial score (nSPS) is 23.2. The van der Waals surface area contributed by atoms with Crippen molar-refractivity contribution >= 4 is 17.7 Å². The summed E-state index contributed by atoms with van der Waals surface area (Å²) < 4.78 is 7.68. The molecule has 21 heavy (non-hydrogen) atoms. The van der Waals surface area contributed by atoms with Gasteiger partial charge in [0.1, 0.15) is 5.82 Å². The first-order valence-corrected chi connectivity index (χ1v) is 8.50. The summed E-state index contributed by atoms with van der Waals surface area (Å²) >= 11 is 1.49. The van der Waals surface area contributed by atoms with Gasteiger partial charge in [0.05, 0.1) is 11.4 Å². The van der Waals surface area contributed by atoms with Gasteiger partial charge in [0.2, 0.25) is 5.91 Å². The quantitative estimate of drug-likeness (QED) is 0.810. The molecule has 1 amide bonds. The third kappa shape index (κ3) is 3.58. The summed E-state index contributed by atoms with van der Waals surface area (Å²) in [4.78, 5) is 12.2. The average Bonchev–Trinajstić information content (AvgIpc) is 3.03. The predicted molar refractivity (Wildman–Crippen MR) is 80.3 cm³/mol. The Labute approximate surface area is 129 Å². The van der Waals surface area contributed by atoms with E-state index in [-0.39, 0.29) is 17.3 Å². The highest BCUT2D eigenvalue weighted by Crippen LogP contribution is 2.39. The van der Waals surface area contributed by atoms with E-state index in [0.29, 0.717) is 12.6 Å². The summed E-state index contributed by atoms with van der Waals surface area (Å²) in [6.07, 6.45) is 4.69. The first-order chi connectivity index (χ1) is 10.1. The molecule has 2 fully saturated rings. The number of aromatic nitrogens is 3. The van der Waals surface area contributed by atoms with Gasteiger partial charge >= 0.3 is 0 Å². The van der Waals surface area contributed by atoms with Crippen molar-refractivity contribution in [3.05, 3.63) is 5.82 Å². The molecule has 1 saturated carbocycles. The molecule has 6 nitrogen and oxygen atoms in total. The molecule has 1 saturated heterocycles. The van der Waals surface area contributed by atoms with Gasteiger partial charge in [-0.2, -0.15) is 0 Å². The van der Waals surface area contributed by atoms with E-state index in [2.05, 4.69) is 20.1 Å². The summed E-state index contributed by atoms with van der Waals surface area (Å²) in [7, 11) is 0. The standard InChI is InChI=1S/C14H22N4O2S/c1-9(13(19)15-8-12-4-3-7-20-12)21-14-17-16-10(2)18(14)11-5-6-11/h9,11-12H,3-8H2,1-2H3,(H,15,19)/t9-,12+/m1/s1. The maximum Gasteiger partial charge on any atom is 0.233 e. The van der Waals surface area contributed by atoms with E-state index in [0.717, 1.165) is 30.4 Å². The molecule has 0 radical (unpaired) electrons. The summed E-state index contributed by atoms with van der Waals surface area (Å²) in [5, 5.41) is 12.0. The molecule has 1 N–H and O–H groups in total. The Morgan fingerprint density at radius 3 is 2.95 bits per heavy atom. The van der Waals surface area contributed by atoms with Gasteiger partial charge in [0.15, 0.2) is 5.16 Å². The van der Waals surface area contributed by atoms with Crippen LogP contribution in [0.25, 0.3) is 0 Å². The number of nitrogens with one attached hydrogen (secondary N) is 1. The van der Waals surface area contributed by atoms with Gasteiger partial charge in [-0.1, -0.05) is 11.8 Å². The van der Waals surface area contributed by atoms with Crippen LogP contribution >= 0.6 is 11.8 Å². The fourth-order valence-corrected chi connectivity index (χ4v) is 3.55. The van der Waals surface area contributed by atoms with Crippen LogP contribution in [0.15, 0.2) is 5.16 Å². The van der Waals surface area contributed by atoms with E-state index in [1.807, 2.05) is 13.8 Å². The van der Waals surface area contributed by atoms with Crippen molar-refractivity contribution in [3.63, 3.8) is 0 Å². The minimum absolute atomic E-state index is 0.0403. The average molecular weight is 310 g/mol. The molecule has 2 aliphatic rings. The number of thioether (sulfide) groups is 1. The van der Waals surface area contributed by atoms with Crippen LogP contribution in [0.5, 0.6) is 0 Å². The smallest absolute Gasteiger partial charge is 0.233 e. The lowest BCUT2D eigenvalue weighted by Crippen LogP contribution is -2.36. The van der Waals surface area contributed by atoms with Crippen LogP contribution in [0, 0.1) is 6.92 Å². The first kappa shape index (κ1) is 14.8. The predicted octanol–water partition coefficient (Wildman–Crippen LogP) is 1.70. The largest absolute Gasteiger partial charge is 0.376 e. The van der Waals surface area contributed by atoms with Crippen molar-refractivity contribution in [1.29, 1.82) is 0 Å². The summed E-state index contributed by atoms with van der Waals surface area (Å²) in [5.41, 5.74) is 0. The Bertz CT molecular complexity index is 509. The van der Waals surface area contributed by atoms with Crippen molar-refractivity contribution < 1.29 is 9.53 Å². The van der Waals surface area contributed by atoms with E-state index < -0.39 is 0 Å². The van der Waals surface area contributed by atoms with Crippen molar-refractivity contribution in [3.8, 4) is 0 Å². The number of hydrogen-bond donors (Lipinski definition) is 1. The van der Waals surface area contributed by atoms with Gasteiger partial charge < -0.3 is 14.6 Å². The fourth-order valence-electron chi connectivity index (χ4n) is 2.56. The second-order valence-corrected chi connectivity index (χ2v) is 7.08. The van der Waals surface area contributed by atoms with E-state index >= 15 is 0 Å². The lowest BCUT2D eigenvalue weighted by atomic mass is 10.2.